The molecule has 10 heteroatoms. The molecule has 0 saturated heterocycles. The highest BCUT2D eigenvalue weighted by molar-refractivity contribution is 7.89. The highest BCUT2D eigenvalue weighted by atomic mass is 32.2. The van der Waals surface area contributed by atoms with Crippen LogP contribution in [0, 0.1) is 6.92 Å². The van der Waals surface area contributed by atoms with Crippen LogP contribution in [0.2, 0.25) is 0 Å². The number of carbonyl (C=O) groups excluding carboxylic acids is 2. The van der Waals surface area contributed by atoms with Crippen molar-refractivity contribution in [2.45, 2.75) is 24.8 Å². The van der Waals surface area contributed by atoms with Gasteiger partial charge in [-0.15, -0.1) is 11.3 Å². The van der Waals surface area contributed by atoms with Crippen molar-refractivity contribution in [2.24, 2.45) is 0 Å². The minimum atomic E-state index is -3.86. The third-order valence-corrected chi connectivity index (χ3v) is 6.86. The number of nitrogens with one attached hydrogen (secondary N) is 3. The molecule has 1 heterocycles. The molecule has 8 nitrogen and oxygen atoms in total. The predicted octanol–water partition coefficient (Wildman–Crippen LogP) is 2.25. The largest absolute Gasteiger partial charge is 0.281 e. The lowest BCUT2D eigenvalue weighted by Gasteiger charge is -2.14. The molecule has 0 aliphatic rings. The molecule has 0 aliphatic heterocycles. The maximum absolute atomic E-state index is 12.4. The van der Waals surface area contributed by atoms with Crippen molar-refractivity contribution in [3.63, 3.8) is 0 Å². The summed E-state index contributed by atoms with van der Waals surface area (Å²) in [5.41, 5.74) is 5.97. The number of hydrogen-bond acceptors (Lipinski definition) is 6. The first-order valence-electron chi connectivity index (χ1n) is 8.98. The lowest BCUT2D eigenvalue weighted by molar-refractivity contribution is -0.123. The topological polar surface area (TPSA) is 117 Å². The normalized spacial score (nSPS) is 12.2. The van der Waals surface area contributed by atoms with E-state index in [1.54, 1.807) is 25.1 Å². The molecular weight excluding hydrogens is 424 g/mol. The quantitative estimate of drug-likeness (QED) is 0.504. The van der Waals surface area contributed by atoms with E-state index in [9.17, 15) is 18.0 Å². The fraction of sp³-hybridized carbons (Fsp3) is 0.150. The standard InChI is InChI=1S/C20H20N4O4S2/c1-13-17(29-20(21-13)15-9-5-3-6-10-15)19(26)23-22-18(25)14(2)24-30(27,28)16-11-7-4-8-12-16/h3-12,14,24H,1-2H3,(H,22,25)(H,23,26). The van der Waals surface area contributed by atoms with Gasteiger partial charge in [0, 0.05) is 5.56 Å². The number of benzene rings is 2. The molecular formula is C20H20N4O4S2. The maximum atomic E-state index is 12.4. The van der Waals surface area contributed by atoms with E-state index in [0.29, 0.717) is 15.6 Å². The van der Waals surface area contributed by atoms with Crippen LogP contribution in [0.3, 0.4) is 0 Å². The van der Waals surface area contributed by atoms with Crippen molar-refractivity contribution in [1.82, 2.24) is 20.6 Å². The van der Waals surface area contributed by atoms with Crippen molar-refractivity contribution >= 4 is 33.2 Å². The Morgan fingerprint density at radius 1 is 0.967 bits per heavy atom. The van der Waals surface area contributed by atoms with E-state index in [2.05, 4.69) is 20.6 Å². The molecule has 0 aliphatic carbocycles. The molecule has 2 amide bonds. The molecule has 1 aromatic heterocycles. The molecule has 1 atom stereocenters. The molecule has 3 N–H and O–H groups in total. The SMILES string of the molecule is Cc1nc(-c2ccccc2)sc1C(=O)NNC(=O)C(C)NS(=O)(=O)c1ccccc1. The van der Waals surface area contributed by atoms with E-state index in [0.717, 1.165) is 5.56 Å². The number of aryl methyl sites for hydroxylation is 1. The van der Waals surface area contributed by atoms with Gasteiger partial charge in [0.15, 0.2) is 0 Å². The first kappa shape index (κ1) is 21.6. The van der Waals surface area contributed by atoms with Gasteiger partial charge < -0.3 is 0 Å². The summed E-state index contributed by atoms with van der Waals surface area (Å²) in [6, 6.07) is 16.0. The van der Waals surface area contributed by atoms with Crippen LogP contribution in [0.5, 0.6) is 0 Å². The van der Waals surface area contributed by atoms with Gasteiger partial charge >= 0.3 is 0 Å². The molecule has 2 aromatic carbocycles. The minimum Gasteiger partial charge on any atom is -0.271 e. The molecule has 30 heavy (non-hydrogen) atoms. The van der Waals surface area contributed by atoms with E-state index in [4.69, 9.17) is 0 Å². The van der Waals surface area contributed by atoms with Crippen LogP contribution < -0.4 is 15.6 Å². The molecule has 0 spiro atoms. The van der Waals surface area contributed by atoms with E-state index in [-0.39, 0.29) is 4.90 Å². The van der Waals surface area contributed by atoms with Crippen molar-refractivity contribution in [1.29, 1.82) is 0 Å². The third-order valence-electron chi connectivity index (χ3n) is 4.10. The Hall–Kier alpha value is -3.08. The Kier molecular flexibility index (Phi) is 6.60. The Balaban J connectivity index is 1.61. The lowest BCUT2D eigenvalue weighted by atomic mass is 10.2. The van der Waals surface area contributed by atoms with Crippen LogP contribution in [0.15, 0.2) is 65.6 Å². The third kappa shape index (κ3) is 5.09. The maximum Gasteiger partial charge on any atom is 0.281 e. The zero-order valence-corrected chi connectivity index (χ0v) is 17.9. The van der Waals surface area contributed by atoms with E-state index in [1.807, 2.05) is 30.3 Å². The summed E-state index contributed by atoms with van der Waals surface area (Å²) in [4.78, 5) is 29.5. The minimum absolute atomic E-state index is 0.0439. The van der Waals surface area contributed by atoms with Gasteiger partial charge in [0.1, 0.15) is 9.88 Å². The summed E-state index contributed by atoms with van der Waals surface area (Å²) in [5, 5.41) is 0.688. The van der Waals surface area contributed by atoms with Crippen LogP contribution >= 0.6 is 11.3 Å². The van der Waals surface area contributed by atoms with Crippen LogP contribution in [0.1, 0.15) is 22.3 Å². The van der Waals surface area contributed by atoms with Crippen LogP contribution in [0.4, 0.5) is 0 Å². The molecule has 156 valence electrons. The molecule has 0 radical (unpaired) electrons. The first-order chi connectivity index (χ1) is 14.3. The average molecular weight is 445 g/mol. The zero-order chi connectivity index (χ0) is 21.7. The number of nitrogens with zero attached hydrogens (tertiary/aromatic N) is 1. The molecule has 3 rings (SSSR count). The number of hydrazine groups is 1. The van der Waals surface area contributed by atoms with Gasteiger partial charge in [-0.05, 0) is 26.0 Å². The summed E-state index contributed by atoms with van der Waals surface area (Å²) in [6.07, 6.45) is 0. The number of sulfonamides is 1. The molecule has 0 fully saturated rings. The summed E-state index contributed by atoms with van der Waals surface area (Å²) in [7, 11) is -3.86. The molecule has 1 unspecified atom stereocenters. The van der Waals surface area contributed by atoms with Gasteiger partial charge in [-0.2, -0.15) is 4.72 Å². The first-order valence-corrected chi connectivity index (χ1v) is 11.3. The molecule has 3 aromatic rings. The second kappa shape index (κ2) is 9.16. The van der Waals surface area contributed by atoms with Crippen molar-refractivity contribution in [3.05, 3.63) is 71.2 Å². The second-order valence-corrected chi connectivity index (χ2v) is 9.11. The Bertz CT molecular complexity index is 1150. The highest BCUT2D eigenvalue weighted by Crippen LogP contribution is 2.27. The number of amides is 2. The summed E-state index contributed by atoms with van der Waals surface area (Å²) in [6.45, 7) is 3.09. The summed E-state index contributed by atoms with van der Waals surface area (Å²) >= 11 is 1.20. The van der Waals surface area contributed by atoms with Gasteiger partial charge in [0.2, 0.25) is 10.0 Å². The fourth-order valence-corrected chi connectivity index (χ4v) is 4.74. The van der Waals surface area contributed by atoms with Crippen LogP contribution in [-0.4, -0.2) is 31.3 Å². The van der Waals surface area contributed by atoms with Crippen LogP contribution in [0.25, 0.3) is 10.6 Å². The fourth-order valence-electron chi connectivity index (χ4n) is 2.55. The van der Waals surface area contributed by atoms with E-state index < -0.39 is 27.9 Å². The predicted molar refractivity (Wildman–Crippen MR) is 114 cm³/mol. The zero-order valence-electron chi connectivity index (χ0n) is 16.2. The van der Waals surface area contributed by atoms with Gasteiger partial charge in [0.25, 0.3) is 11.8 Å². The number of thiazole rings is 1. The highest BCUT2D eigenvalue weighted by Gasteiger charge is 2.23. The number of carbonyl (C=O) groups is 2. The smallest absolute Gasteiger partial charge is 0.271 e. The second-order valence-electron chi connectivity index (χ2n) is 6.40. The lowest BCUT2D eigenvalue weighted by Crippen LogP contribution is -2.51. The number of aromatic nitrogens is 1. The Morgan fingerprint density at radius 2 is 1.57 bits per heavy atom. The van der Waals surface area contributed by atoms with Crippen molar-refractivity contribution < 1.29 is 18.0 Å². The van der Waals surface area contributed by atoms with Gasteiger partial charge in [-0.3, -0.25) is 20.4 Å². The van der Waals surface area contributed by atoms with Gasteiger partial charge in [-0.1, -0.05) is 48.5 Å². The summed E-state index contributed by atoms with van der Waals surface area (Å²) < 4.78 is 26.9. The monoisotopic (exact) mass is 444 g/mol. The molecule has 0 saturated carbocycles. The number of rotatable bonds is 6. The van der Waals surface area contributed by atoms with Crippen molar-refractivity contribution in [3.8, 4) is 10.6 Å². The Morgan fingerprint density at radius 3 is 2.20 bits per heavy atom. The average Bonchev–Trinajstić information content (AvgIpc) is 3.14. The molecule has 0 bridgehead atoms. The van der Waals surface area contributed by atoms with Gasteiger partial charge in [0.05, 0.1) is 16.6 Å². The summed E-state index contributed by atoms with van der Waals surface area (Å²) in [5.74, 6) is -1.23. The van der Waals surface area contributed by atoms with E-state index in [1.165, 1.54) is 30.4 Å². The van der Waals surface area contributed by atoms with Gasteiger partial charge in [-0.25, -0.2) is 13.4 Å². The number of hydrogen-bond donors (Lipinski definition) is 3. The van der Waals surface area contributed by atoms with Crippen LogP contribution in [-0.2, 0) is 14.8 Å². The van der Waals surface area contributed by atoms with Crippen molar-refractivity contribution in [2.75, 3.05) is 0 Å². The Labute approximate surface area is 178 Å². The van der Waals surface area contributed by atoms with E-state index >= 15 is 0 Å².